The molecule has 0 aromatic heterocycles. The predicted octanol–water partition coefficient (Wildman–Crippen LogP) is 4.14. The van der Waals surface area contributed by atoms with E-state index in [1.54, 1.807) is 55.5 Å². The van der Waals surface area contributed by atoms with Gasteiger partial charge in [0.05, 0.1) is 29.5 Å². The molecule has 35 heavy (non-hydrogen) atoms. The van der Waals surface area contributed by atoms with Crippen LogP contribution < -0.4 is 9.46 Å². The SMILES string of the molecule is CCS(=O)(=O)Nc1ccc(C2=NN(S(=O)(=O)c3ccc(F)cc3)[C@H](c3cccc(OC)c3)C2)cc1. The fourth-order valence-corrected chi connectivity index (χ4v) is 5.75. The van der Waals surface area contributed by atoms with Crippen molar-refractivity contribution in [3.8, 4) is 5.75 Å². The summed E-state index contributed by atoms with van der Waals surface area (Å²) in [6, 6.07) is 17.6. The van der Waals surface area contributed by atoms with Crippen molar-refractivity contribution in [3.05, 3.63) is 89.7 Å². The average Bonchev–Trinajstić information content (AvgIpc) is 3.31. The largest absolute Gasteiger partial charge is 0.497 e. The topological polar surface area (TPSA) is 105 Å². The first kappa shape index (κ1) is 24.7. The van der Waals surface area contributed by atoms with Crippen LogP contribution in [0.15, 0.2) is 82.8 Å². The van der Waals surface area contributed by atoms with Crippen LogP contribution in [0.25, 0.3) is 0 Å². The number of hydrogen-bond donors (Lipinski definition) is 1. The van der Waals surface area contributed by atoms with Crippen LogP contribution in [0, 0.1) is 5.82 Å². The molecule has 8 nitrogen and oxygen atoms in total. The van der Waals surface area contributed by atoms with Crippen LogP contribution in [0.4, 0.5) is 10.1 Å². The van der Waals surface area contributed by atoms with E-state index in [0.29, 0.717) is 28.3 Å². The van der Waals surface area contributed by atoms with Gasteiger partial charge in [0, 0.05) is 12.1 Å². The number of sulfonamides is 2. The zero-order valence-corrected chi connectivity index (χ0v) is 20.7. The van der Waals surface area contributed by atoms with Crippen molar-refractivity contribution in [2.24, 2.45) is 5.10 Å². The van der Waals surface area contributed by atoms with Crippen LogP contribution in [0.1, 0.15) is 30.5 Å². The number of hydrazone groups is 1. The molecule has 1 aliphatic rings. The molecule has 0 fully saturated rings. The molecule has 0 saturated carbocycles. The van der Waals surface area contributed by atoms with Gasteiger partial charge in [-0.2, -0.15) is 17.9 Å². The van der Waals surface area contributed by atoms with E-state index in [2.05, 4.69) is 9.82 Å². The van der Waals surface area contributed by atoms with Gasteiger partial charge in [0.2, 0.25) is 10.0 Å². The highest BCUT2D eigenvalue weighted by Crippen LogP contribution is 2.38. The lowest BCUT2D eigenvalue weighted by Crippen LogP contribution is -2.27. The number of nitrogens with zero attached hydrogens (tertiary/aromatic N) is 2. The van der Waals surface area contributed by atoms with Gasteiger partial charge in [0.1, 0.15) is 11.6 Å². The molecule has 1 atom stereocenters. The highest BCUT2D eigenvalue weighted by Gasteiger charge is 2.38. The number of benzene rings is 3. The van der Waals surface area contributed by atoms with Gasteiger partial charge in [0.15, 0.2) is 0 Å². The Morgan fingerprint density at radius 3 is 2.34 bits per heavy atom. The number of anilines is 1. The van der Waals surface area contributed by atoms with Gasteiger partial charge in [-0.1, -0.05) is 24.3 Å². The number of rotatable bonds is 8. The van der Waals surface area contributed by atoms with E-state index in [4.69, 9.17) is 4.74 Å². The molecule has 0 saturated heterocycles. The molecule has 0 radical (unpaired) electrons. The number of methoxy groups -OCH3 is 1. The van der Waals surface area contributed by atoms with Crippen molar-refractivity contribution in [3.63, 3.8) is 0 Å². The van der Waals surface area contributed by atoms with Gasteiger partial charge >= 0.3 is 0 Å². The Labute approximate surface area is 204 Å². The number of ether oxygens (including phenoxy) is 1. The quantitative estimate of drug-likeness (QED) is 0.484. The molecule has 0 spiro atoms. The summed E-state index contributed by atoms with van der Waals surface area (Å²) in [6.07, 6.45) is 0.271. The van der Waals surface area contributed by atoms with Crippen molar-refractivity contribution in [2.75, 3.05) is 17.6 Å². The van der Waals surface area contributed by atoms with E-state index < -0.39 is 31.9 Å². The standard InChI is InChI=1S/C24H24FN3O5S2/c1-3-34(29,30)27-20-11-7-17(8-12-20)23-16-24(18-5-4-6-21(15-18)33-2)28(26-23)35(31,32)22-13-9-19(25)10-14-22/h4-15,24,27H,3,16H2,1-2H3/t24-/m0/s1. The Hall–Kier alpha value is -3.44. The maximum atomic E-state index is 13.5. The molecular formula is C24H24FN3O5S2. The molecule has 3 aromatic rings. The first-order valence-electron chi connectivity index (χ1n) is 10.8. The van der Waals surface area contributed by atoms with Crippen molar-refractivity contribution < 1.29 is 26.0 Å². The average molecular weight is 518 g/mol. The summed E-state index contributed by atoms with van der Waals surface area (Å²) in [7, 11) is -6.00. The lowest BCUT2D eigenvalue weighted by atomic mass is 9.99. The molecule has 0 unspecified atom stereocenters. The van der Waals surface area contributed by atoms with E-state index in [0.717, 1.165) is 16.5 Å². The highest BCUT2D eigenvalue weighted by molar-refractivity contribution is 7.92. The smallest absolute Gasteiger partial charge is 0.279 e. The summed E-state index contributed by atoms with van der Waals surface area (Å²) in [5.41, 5.74) is 2.23. The van der Waals surface area contributed by atoms with Gasteiger partial charge in [0.25, 0.3) is 10.0 Å². The monoisotopic (exact) mass is 517 g/mol. The normalized spacial score (nSPS) is 16.1. The van der Waals surface area contributed by atoms with Gasteiger partial charge in [-0.05, 0) is 66.6 Å². The Morgan fingerprint density at radius 2 is 1.71 bits per heavy atom. The molecule has 0 amide bonds. The third kappa shape index (κ3) is 5.30. The third-order valence-corrected chi connectivity index (χ3v) is 8.58. The molecule has 11 heteroatoms. The zero-order chi connectivity index (χ0) is 25.2. The van der Waals surface area contributed by atoms with Crippen LogP contribution in [-0.4, -0.2) is 39.8 Å². The molecule has 1 heterocycles. The van der Waals surface area contributed by atoms with Crippen molar-refractivity contribution in [2.45, 2.75) is 24.3 Å². The van der Waals surface area contributed by atoms with E-state index in [1.807, 2.05) is 0 Å². The van der Waals surface area contributed by atoms with Crippen LogP contribution in [-0.2, 0) is 20.0 Å². The minimum absolute atomic E-state index is 0.0557. The van der Waals surface area contributed by atoms with Crippen molar-refractivity contribution >= 4 is 31.4 Å². The lowest BCUT2D eigenvalue weighted by molar-refractivity contribution is 0.368. The third-order valence-electron chi connectivity index (χ3n) is 5.58. The van der Waals surface area contributed by atoms with Gasteiger partial charge in [-0.15, -0.1) is 0 Å². The van der Waals surface area contributed by atoms with Crippen LogP contribution in [0.2, 0.25) is 0 Å². The minimum Gasteiger partial charge on any atom is -0.497 e. The second-order valence-corrected chi connectivity index (χ2v) is 11.7. The Balaban J connectivity index is 1.73. The van der Waals surface area contributed by atoms with E-state index in [-0.39, 0.29) is 17.1 Å². The fraction of sp³-hybridized carbons (Fsp3) is 0.208. The van der Waals surface area contributed by atoms with Crippen LogP contribution in [0.3, 0.4) is 0 Å². The van der Waals surface area contributed by atoms with Crippen molar-refractivity contribution in [1.29, 1.82) is 0 Å². The molecule has 0 bridgehead atoms. The van der Waals surface area contributed by atoms with Crippen LogP contribution in [0.5, 0.6) is 5.75 Å². The van der Waals surface area contributed by atoms with Gasteiger partial charge in [-0.3, -0.25) is 4.72 Å². The first-order chi connectivity index (χ1) is 16.6. The van der Waals surface area contributed by atoms with E-state index in [9.17, 15) is 21.2 Å². The Bertz CT molecular complexity index is 1460. The lowest BCUT2D eigenvalue weighted by Gasteiger charge is -2.23. The zero-order valence-electron chi connectivity index (χ0n) is 19.0. The molecule has 3 aromatic carbocycles. The first-order valence-corrected chi connectivity index (χ1v) is 13.8. The predicted molar refractivity (Wildman–Crippen MR) is 132 cm³/mol. The second kappa shape index (κ2) is 9.67. The van der Waals surface area contributed by atoms with Gasteiger partial charge < -0.3 is 4.74 Å². The number of hydrogen-bond acceptors (Lipinski definition) is 6. The summed E-state index contributed by atoms with van der Waals surface area (Å²) in [6.45, 7) is 1.54. The number of nitrogens with one attached hydrogen (secondary N) is 1. The summed E-state index contributed by atoms with van der Waals surface area (Å²) in [5, 5.41) is 4.45. The molecule has 1 aliphatic heterocycles. The highest BCUT2D eigenvalue weighted by atomic mass is 32.2. The molecule has 4 rings (SSSR count). The molecular weight excluding hydrogens is 493 g/mol. The summed E-state index contributed by atoms with van der Waals surface area (Å²) in [5.74, 6) is -0.0276. The Morgan fingerprint density at radius 1 is 1.03 bits per heavy atom. The molecule has 1 N–H and O–H groups in total. The van der Waals surface area contributed by atoms with Crippen molar-refractivity contribution in [1.82, 2.24) is 4.41 Å². The summed E-state index contributed by atoms with van der Waals surface area (Å²) >= 11 is 0. The molecule has 0 aliphatic carbocycles. The second-order valence-electron chi connectivity index (χ2n) is 7.86. The molecule has 184 valence electrons. The maximum absolute atomic E-state index is 13.5. The van der Waals surface area contributed by atoms with E-state index in [1.165, 1.54) is 19.2 Å². The van der Waals surface area contributed by atoms with E-state index >= 15 is 0 Å². The van der Waals surface area contributed by atoms with Gasteiger partial charge in [-0.25, -0.2) is 12.8 Å². The minimum atomic E-state index is -4.10. The number of halogens is 1. The fourth-order valence-electron chi connectivity index (χ4n) is 3.68. The summed E-state index contributed by atoms with van der Waals surface area (Å²) < 4.78 is 72.9. The summed E-state index contributed by atoms with van der Waals surface area (Å²) in [4.78, 5) is -0.0823. The maximum Gasteiger partial charge on any atom is 0.279 e. The van der Waals surface area contributed by atoms with Crippen LogP contribution >= 0.6 is 0 Å². The Kier molecular flexibility index (Phi) is 6.82.